The lowest BCUT2D eigenvalue weighted by Gasteiger charge is -2.29. The molecule has 0 atom stereocenters. The maximum atomic E-state index is 6.80. The van der Waals surface area contributed by atoms with Gasteiger partial charge in [0.05, 0.1) is 5.69 Å². The number of benzene rings is 9. The first-order chi connectivity index (χ1) is 26.7. The molecular formula is C50H29NO2S. The minimum atomic E-state index is 0.861. The minimum Gasteiger partial charge on any atom is -0.456 e. The first-order valence-electron chi connectivity index (χ1n) is 18.2. The van der Waals surface area contributed by atoms with Gasteiger partial charge >= 0.3 is 0 Å². The Hall–Kier alpha value is -6.88. The Bertz CT molecular complexity index is 3330. The summed E-state index contributed by atoms with van der Waals surface area (Å²) in [5.41, 5.74) is 9.51. The quantitative estimate of drug-likeness (QED) is 0.182. The highest BCUT2D eigenvalue weighted by Gasteiger charge is 2.25. The van der Waals surface area contributed by atoms with Crippen molar-refractivity contribution >= 4 is 92.1 Å². The van der Waals surface area contributed by atoms with E-state index >= 15 is 0 Å². The maximum absolute atomic E-state index is 6.80. The SMILES string of the molecule is c1ccc2cc(-c3ccc4c(c3)Oc3ccc(N(c5ccc6c(c5)oc5ccccc56)c5ccc6sc7ccccc7c6c5)c5cccc-4c35)ccc2c1. The summed E-state index contributed by atoms with van der Waals surface area (Å²) in [6.07, 6.45) is 0. The largest absolute Gasteiger partial charge is 0.456 e. The van der Waals surface area contributed by atoms with Crippen molar-refractivity contribution in [3.8, 4) is 33.8 Å². The highest BCUT2D eigenvalue weighted by atomic mass is 32.1. The molecule has 9 aromatic carbocycles. The highest BCUT2D eigenvalue weighted by molar-refractivity contribution is 7.25. The Balaban J connectivity index is 1.05. The van der Waals surface area contributed by atoms with E-state index in [2.05, 4.69) is 169 Å². The van der Waals surface area contributed by atoms with Crippen molar-refractivity contribution in [3.63, 3.8) is 0 Å². The zero-order valence-electron chi connectivity index (χ0n) is 28.9. The molecule has 2 aromatic heterocycles. The van der Waals surface area contributed by atoms with Crippen molar-refractivity contribution in [2.24, 2.45) is 0 Å². The summed E-state index contributed by atoms with van der Waals surface area (Å²) in [6.45, 7) is 0. The topological polar surface area (TPSA) is 25.6 Å². The number of hydrogen-bond donors (Lipinski definition) is 0. The van der Waals surface area contributed by atoms with E-state index in [0.717, 1.165) is 72.4 Å². The molecule has 0 radical (unpaired) electrons. The molecule has 1 aliphatic heterocycles. The van der Waals surface area contributed by atoms with Crippen LogP contribution in [0.5, 0.6) is 11.5 Å². The van der Waals surface area contributed by atoms with Gasteiger partial charge in [0.15, 0.2) is 0 Å². The van der Waals surface area contributed by atoms with E-state index in [1.807, 2.05) is 23.5 Å². The predicted octanol–water partition coefficient (Wildman–Crippen LogP) is 15.2. The lowest BCUT2D eigenvalue weighted by Crippen LogP contribution is -2.11. The van der Waals surface area contributed by atoms with Crippen LogP contribution in [0.3, 0.4) is 0 Å². The standard InChI is InChI=1S/C50H29NO2S/c1-2-9-31-26-32(17-16-30(31)8-1)33-18-21-38-40-12-7-13-41-43(23-24-45(50(40)41)53-46(38)27-33)51(34-20-25-49-42(28-34)39-11-4-6-15-48(39)54-49)35-19-22-37-36-10-3-5-14-44(36)52-47(37)29-35/h1-29H. The number of fused-ring (bicyclic) bond motifs is 9. The first-order valence-corrected chi connectivity index (χ1v) is 19.1. The molecule has 0 saturated carbocycles. The van der Waals surface area contributed by atoms with Crippen molar-refractivity contribution in [1.82, 2.24) is 0 Å². The van der Waals surface area contributed by atoms with Gasteiger partial charge in [-0.2, -0.15) is 0 Å². The molecule has 3 nitrogen and oxygen atoms in total. The molecule has 0 amide bonds. The summed E-state index contributed by atoms with van der Waals surface area (Å²) >= 11 is 1.84. The van der Waals surface area contributed by atoms with Gasteiger partial charge in [-0.05, 0) is 100 Å². The van der Waals surface area contributed by atoms with Crippen molar-refractivity contribution in [2.45, 2.75) is 0 Å². The molecular weight excluding hydrogens is 679 g/mol. The van der Waals surface area contributed by atoms with Crippen LogP contribution in [0.15, 0.2) is 180 Å². The molecule has 0 bridgehead atoms. The Morgan fingerprint density at radius 3 is 2.11 bits per heavy atom. The summed E-state index contributed by atoms with van der Waals surface area (Å²) in [7, 11) is 0. The average molecular weight is 708 g/mol. The van der Waals surface area contributed by atoms with Gasteiger partial charge in [0.25, 0.3) is 0 Å². The van der Waals surface area contributed by atoms with Crippen LogP contribution in [0.1, 0.15) is 0 Å². The predicted molar refractivity (Wildman–Crippen MR) is 227 cm³/mol. The van der Waals surface area contributed by atoms with Crippen LogP contribution in [0.2, 0.25) is 0 Å². The lowest BCUT2D eigenvalue weighted by molar-refractivity contribution is 0.487. The molecule has 3 heterocycles. The molecule has 12 rings (SSSR count). The second-order valence-electron chi connectivity index (χ2n) is 14.1. The first kappa shape index (κ1) is 29.7. The average Bonchev–Trinajstić information content (AvgIpc) is 3.79. The molecule has 0 spiro atoms. The van der Waals surface area contributed by atoms with Gasteiger partial charge in [-0.1, -0.05) is 97.1 Å². The third kappa shape index (κ3) is 4.41. The van der Waals surface area contributed by atoms with Crippen molar-refractivity contribution in [1.29, 1.82) is 0 Å². The molecule has 54 heavy (non-hydrogen) atoms. The van der Waals surface area contributed by atoms with Crippen LogP contribution in [0, 0.1) is 0 Å². The van der Waals surface area contributed by atoms with Crippen LogP contribution >= 0.6 is 11.3 Å². The van der Waals surface area contributed by atoms with Gasteiger partial charge < -0.3 is 14.1 Å². The Morgan fingerprint density at radius 2 is 1.15 bits per heavy atom. The fraction of sp³-hybridized carbons (Fsp3) is 0. The van der Waals surface area contributed by atoms with Gasteiger partial charge in [-0.15, -0.1) is 11.3 Å². The zero-order valence-corrected chi connectivity index (χ0v) is 29.7. The normalized spacial score (nSPS) is 12.2. The minimum absolute atomic E-state index is 0.861. The lowest BCUT2D eigenvalue weighted by atomic mass is 9.91. The molecule has 0 fully saturated rings. The Labute approximate surface area is 314 Å². The number of nitrogens with zero attached hydrogens (tertiary/aromatic N) is 1. The fourth-order valence-corrected chi connectivity index (χ4v) is 9.58. The Kier molecular flexibility index (Phi) is 6.21. The maximum Gasteiger partial charge on any atom is 0.137 e. The van der Waals surface area contributed by atoms with E-state index in [1.165, 1.54) is 42.1 Å². The van der Waals surface area contributed by atoms with E-state index in [9.17, 15) is 0 Å². The third-order valence-corrected chi connectivity index (χ3v) is 12.2. The van der Waals surface area contributed by atoms with Crippen molar-refractivity contribution < 1.29 is 9.15 Å². The second-order valence-corrected chi connectivity index (χ2v) is 15.2. The molecule has 0 N–H and O–H groups in total. The molecule has 4 heteroatoms. The van der Waals surface area contributed by atoms with E-state index in [4.69, 9.17) is 9.15 Å². The van der Waals surface area contributed by atoms with Gasteiger partial charge in [0, 0.05) is 64.7 Å². The van der Waals surface area contributed by atoms with Crippen LogP contribution in [-0.4, -0.2) is 0 Å². The zero-order chi connectivity index (χ0) is 35.3. The van der Waals surface area contributed by atoms with Crippen molar-refractivity contribution in [3.05, 3.63) is 176 Å². The molecule has 0 aliphatic carbocycles. The number of thiophene rings is 1. The summed E-state index contributed by atoms with van der Waals surface area (Å²) in [5, 5.41) is 9.46. The van der Waals surface area contributed by atoms with Gasteiger partial charge in [-0.25, -0.2) is 0 Å². The van der Waals surface area contributed by atoms with Gasteiger partial charge in [0.2, 0.25) is 0 Å². The highest BCUT2D eigenvalue weighted by Crippen LogP contribution is 2.52. The molecule has 0 unspecified atom stereocenters. The van der Waals surface area contributed by atoms with Gasteiger partial charge in [0.1, 0.15) is 22.7 Å². The monoisotopic (exact) mass is 707 g/mol. The van der Waals surface area contributed by atoms with Crippen LogP contribution in [0.4, 0.5) is 17.1 Å². The Morgan fingerprint density at radius 1 is 0.407 bits per heavy atom. The summed E-state index contributed by atoms with van der Waals surface area (Å²) in [6, 6.07) is 63.1. The smallest absolute Gasteiger partial charge is 0.137 e. The number of para-hydroxylation sites is 1. The summed E-state index contributed by atoms with van der Waals surface area (Å²) < 4.78 is 15.8. The van der Waals surface area contributed by atoms with E-state index < -0.39 is 0 Å². The van der Waals surface area contributed by atoms with Crippen LogP contribution in [-0.2, 0) is 0 Å². The summed E-state index contributed by atoms with van der Waals surface area (Å²) in [4.78, 5) is 2.37. The van der Waals surface area contributed by atoms with Crippen LogP contribution in [0.25, 0.3) is 85.9 Å². The second kappa shape index (κ2) is 11.3. The third-order valence-electron chi connectivity index (χ3n) is 11.0. The van der Waals surface area contributed by atoms with E-state index in [0.29, 0.717) is 0 Å². The van der Waals surface area contributed by atoms with E-state index in [-0.39, 0.29) is 0 Å². The molecule has 1 aliphatic rings. The number of furan rings is 1. The van der Waals surface area contributed by atoms with E-state index in [1.54, 1.807) is 0 Å². The van der Waals surface area contributed by atoms with Crippen LogP contribution < -0.4 is 9.64 Å². The molecule has 252 valence electrons. The molecule has 0 saturated heterocycles. The fourth-order valence-electron chi connectivity index (χ4n) is 8.49. The number of ether oxygens (including phenoxy) is 1. The van der Waals surface area contributed by atoms with Gasteiger partial charge in [-0.3, -0.25) is 0 Å². The number of anilines is 3. The summed E-state index contributed by atoms with van der Waals surface area (Å²) in [5.74, 6) is 1.73. The number of rotatable bonds is 4. The van der Waals surface area contributed by atoms with Crippen molar-refractivity contribution in [2.75, 3.05) is 4.90 Å². The molecule has 11 aromatic rings. The number of hydrogen-bond acceptors (Lipinski definition) is 4.